The average molecular weight is 390 g/mol. The Morgan fingerprint density at radius 3 is 2.66 bits per heavy atom. The molecule has 0 unspecified atom stereocenters. The van der Waals surface area contributed by atoms with Gasteiger partial charge >= 0.3 is 6.09 Å². The number of carbonyl (C=O) groups is 1. The molecule has 1 fully saturated rings. The van der Waals surface area contributed by atoms with Crippen molar-refractivity contribution in [1.82, 2.24) is 15.3 Å². The van der Waals surface area contributed by atoms with Gasteiger partial charge in [0.05, 0.1) is 5.69 Å². The van der Waals surface area contributed by atoms with Crippen LogP contribution in [0.2, 0.25) is 0 Å². The van der Waals surface area contributed by atoms with Gasteiger partial charge in [0.25, 0.3) is 0 Å². The molecule has 1 saturated heterocycles. The van der Waals surface area contributed by atoms with E-state index >= 15 is 0 Å². The van der Waals surface area contributed by atoms with Crippen LogP contribution in [-0.2, 0) is 4.74 Å². The highest BCUT2D eigenvalue weighted by Crippen LogP contribution is 2.26. The van der Waals surface area contributed by atoms with Crippen LogP contribution in [0, 0.1) is 5.92 Å². The zero-order chi connectivity index (χ0) is 20.4. The summed E-state index contributed by atoms with van der Waals surface area (Å²) in [6, 6.07) is 16.6. The summed E-state index contributed by atoms with van der Waals surface area (Å²) in [5, 5.41) is 5.25. The Bertz CT molecular complexity index is 1020. The van der Waals surface area contributed by atoms with Crippen LogP contribution in [0.4, 0.5) is 10.7 Å². The third-order valence-corrected chi connectivity index (χ3v) is 4.86. The Hall–Kier alpha value is -3.15. The third kappa shape index (κ3) is 4.65. The minimum absolute atomic E-state index is 0.370. The molecule has 2 aromatic carbocycles. The molecule has 1 N–H and O–H groups in total. The summed E-state index contributed by atoms with van der Waals surface area (Å²) < 4.78 is 5.28. The van der Waals surface area contributed by atoms with Crippen molar-refractivity contribution in [3.05, 3.63) is 54.7 Å². The van der Waals surface area contributed by atoms with Crippen molar-refractivity contribution in [3.63, 3.8) is 0 Å². The number of nitrogens with zero attached hydrogens (tertiary/aromatic N) is 3. The van der Waals surface area contributed by atoms with Gasteiger partial charge < -0.3 is 15.0 Å². The molecule has 1 aliphatic heterocycles. The summed E-state index contributed by atoms with van der Waals surface area (Å²) in [4.78, 5) is 23.1. The first-order valence-electron chi connectivity index (χ1n) is 9.91. The standard InChI is InChI=1S/C23H26N4O2/c1-23(2,3)29-22(28)25-13-16-14-27(15-16)21-24-11-10-20(26-21)19-9-8-17-6-4-5-7-18(17)12-19/h4-12,16H,13-15H2,1-3H3,(H,25,28). The Labute approximate surface area is 170 Å². The minimum atomic E-state index is -0.479. The summed E-state index contributed by atoms with van der Waals surface area (Å²) in [7, 11) is 0. The van der Waals surface area contributed by atoms with Crippen molar-refractivity contribution in [2.45, 2.75) is 26.4 Å². The third-order valence-electron chi connectivity index (χ3n) is 4.86. The lowest BCUT2D eigenvalue weighted by molar-refractivity contribution is 0.0516. The number of alkyl carbamates (subject to hydrolysis) is 1. The van der Waals surface area contributed by atoms with Crippen molar-refractivity contribution < 1.29 is 9.53 Å². The number of ether oxygens (including phenoxy) is 1. The first-order valence-corrected chi connectivity index (χ1v) is 9.91. The summed E-state index contributed by atoms with van der Waals surface area (Å²) in [6.45, 7) is 7.80. The van der Waals surface area contributed by atoms with E-state index in [0.717, 1.165) is 30.3 Å². The van der Waals surface area contributed by atoms with Crippen molar-refractivity contribution in [2.24, 2.45) is 5.92 Å². The number of nitrogens with one attached hydrogen (secondary N) is 1. The molecule has 6 nitrogen and oxygen atoms in total. The molecule has 150 valence electrons. The molecule has 0 saturated carbocycles. The second-order valence-electron chi connectivity index (χ2n) is 8.46. The summed E-state index contributed by atoms with van der Waals surface area (Å²) in [6.07, 6.45) is 1.43. The number of benzene rings is 2. The van der Waals surface area contributed by atoms with Crippen LogP contribution in [0.25, 0.3) is 22.0 Å². The number of carbonyl (C=O) groups excluding carboxylic acids is 1. The lowest BCUT2D eigenvalue weighted by Crippen LogP contribution is -2.52. The van der Waals surface area contributed by atoms with Crippen LogP contribution < -0.4 is 10.2 Å². The van der Waals surface area contributed by atoms with E-state index in [2.05, 4.69) is 45.5 Å². The van der Waals surface area contributed by atoms with E-state index in [9.17, 15) is 4.79 Å². The van der Waals surface area contributed by atoms with E-state index in [1.165, 1.54) is 10.8 Å². The fourth-order valence-corrected chi connectivity index (χ4v) is 3.41. The molecule has 0 radical (unpaired) electrons. The fourth-order valence-electron chi connectivity index (χ4n) is 3.41. The fraction of sp³-hybridized carbons (Fsp3) is 0.348. The Balaban J connectivity index is 1.37. The lowest BCUT2D eigenvalue weighted by Gasteiger charge is -2.39. The van der Waals surface area contributed by atoms with E-state index in [0.29, 0.717) is 12.5 Å². The number of fused-ring (bicyclic) bond motifs is 1. The van der Waals surface area contributed by atoms with Gasteiger partial charge in [-0.05, 0) is 43.7 Å². The van der Waals surface area contributed by atoms with Gasteiger partial charge in [-0.2, -0.15) is 0 Å². The smallest absolute Gasteiger partial charge is 0.407 e. The highest BCUT2D eigenvalue weighted by atomic mass is 16.6. The molecule has 3 aromatic rings. The Morgan fingerprint density at radius 1 is 1.14 bits per heavy atom. The molecule has 29 heavy (non-hydrogen) atoms. The van der Waals surface area contributed by atoms with Gasteiger partial charge in [-0.3, -0.25) is 0 Å². The zero-order valence-electron chi connectivity index (χ0n) is 17.1. The van der Waals surface area contributed by atoms with Crippen LogP contribution in [0.5, 0.6) is 0 Å². The van der Waals surface area contributed by atoms with Crippen LogP contribution in [0.1, 0.15) is 20.8 Å². The maximum absolute atomic E-state index is 11.8. The first kappa shape index (κ1) is 19.2. The maximum atomic E-state index is 11.8. The SMILES string of the molecule is CC(C)(C)OC(=O)NCC1CN(c2nccc(-c3ccc4ccccc4c3)n2)C1. The van der Waals surface area contributed by atoms with E-state index in [-0.39, 0.29) is 6.09 Å². The molecule has 1 aliphatic rings. The molecule has 4 rings (SSSR count). The molecular weight excluding hydrogens is 364 g/mol. The second-order valence-corrected chi connectivity index (χ2v) is 8.46. The maximum Gasteiger partial charge on any atom is 0.407 e. The van der Waals surface area contributed by atoms with Crippen LogP contribution in [-0.4, -0.2) is 41.3 Å². The van der Waals surface area contributed by atoms with Gasteiger partial charge in [0, 0.05) is 37.3 Å². The molecule has 0 aliphatic carbocycles. The first-order chi connectivity index (χ1) is 13.9. The summed E-state index contributed by atoms with van der Waals surface area (Å²) in [5.41, 5.74) is 1.51. The number of amides is 1. The molecule has 0 atom stereocenters. The molecule has 1 aromatic heterocycles. The van der Waals surface area contributed by atoms with Gasteiger partial charge in [-0.1, -0.05) is 36.4 Å². The van der Waals surface area contributed by atoms with Gasteiger partial charge in [0.15, 0.2) is 0 Å². The molecular formula is C23H26N4O2. The quantitative estimate of drug-likeness (QED) is 0.721. The molecule has 1 amide bonds. The highest BCUT2D eigenvalue weighted by Gasteiger charge is 2.29. The minimum Gasteiger partial charge on any atom is -0.444 e. The molecule has 0 bridgehead atoms. The normalized spacial score (nSPS) is 14.5. The van der Waals surface area contributed by atoms with Crippen molar-refractivity contribution in [3.8, 4) is 11.3 Å². The van der Waals surface area contributed by atoms with Crippen LogP contribution in [0.15, 0.2) is 54.7 Å². The van der Waals surface area contributed by atoms with Crippen LogP contribution in [0.3, 0.4) is 0 Å². The molecule has 2 heterocycles. The number of aromatic nitrogens is 2. The predicted octanol–water partition coefficient (Wildman–Crippen LogP) is 4.26. The number of hydrogen-bond acceptors (Lipinski definition) is 5. The largest absolute Gasteiger partial charge is 0.444 e. The molecule has 6 heteroatoms. The number of hydrogen-bond donors (Lipinski definition) is 1. The zero-order valence-corrected chi connectivity index (χ0v) is 17.1. The van der Waals surface area contributed by atoms with Crippen LogP contribution >= 0.6 is 0 Å². The summed E-state index contributed by atoms with van der Waals surface area (Å²) >= 11 is 0. The lowest BCUT2D eigenvalue weighted by atomic mass is 10.0. The van der Waals surface area contributed by atoms with Crippen molar-refractivity contribution in [2.75, 3.05) is 24.5 Å². The average Bonchev–Trinajstić information content (AvgIpc) is 2.65. The Kier molecular flexibility index (Phi) is 5.09. The predicted molar refractivity (Wildman–Crippen MR) is 115 cm³/mol. The number of anilines is 1. The highest BCUT2D eigenvalue weighted by molar-refractivity contribution is 5.86. The Morgan fingerprint density at radius 2 is 1.90 bits per heavy atom. The summed E-state index contributed by atoms with van der Waals surface area (Å²) in [5.74, 6) is 1.10. The number of rotatable bonds is 4. The topological polar surface area (TPSA) is 67.3 Å². The van der Waals surface area contributed by atoms with E-state index in [1.54, 1.807) is 6.20 Å². The van der Waals surface area contributed by atoms with Gasteiger partial charge in [0.2, 0.25) is 5.95 Å². The van der Waals surface area contributed by atoms with Gasteiger partial charge in [-0.15, -0.1) is 0 Å². The van der Waals surface area contributed by atoms with E-state index < -0.39 is 5.60 Å². The second kappa shape index (κ2) is 7.70. The van der Waals surface area contributed by atoms with Gasteiger partial charge in [-0.25, -0.2) is 14.8 Å². The van der Waals surface area contributed by atoms with Crippen molar-refractivity contribution in [1.29, 1.82) is 0 Å². The van der Waals surface area contributed by atoms with Gasteiger partial charge in [0.1, 0.15) is 5.60 Å². The molecule has 0 spiro atoms. The monoisotopic (exact) mass is 390 g/mol. The van der Waals surface area contributed by atoms with E-state index in [4.69, 9.17) is 9.72 Å². The van der Waals surface area contributed by atoms with Crippen molar-refractivity contribution >= 4 is 22.8 Å². The van der Waals surface area contributed by atoms with E-state index in [1.807, 2.05) is 39.0 Å².